The standard InChI is InChI=1S/C13H15NOS/c1-13(2,14)12(15)7-9-8-16-11-6-4-3-5-10(9)11/h3-6,8H,7,14H2,1-2H3. The molecule has 0 atom stereocenters. The molecule has 1 aromatic heterocycles. The lowest BCUT2D eigenvalue weighted by molar-refractivity contribution is -0.122. The maximum absolute atomic E-state index is 11.9. The van der Waals surface area contributed by atoms with Crippen LogP contribution in [0, 0.1) is 0 Å². The lowest BCUT2D eigenvalue weighted by Crippen LogP contribution is -2.42. The van der Waals surface area contributed by atoms with Gasteiger partial charge in [-0.3, -0.25) is 4.79 Å². The van der Waals surface area contributed by atoms with E-state index >= 15 is 0 Å². The normalized spacial score (nSPS) is 11.9. The summed E-state index contributed by atoms with van der Waals surface area (Å²) in [6, 6.07) is 8.13. The van der Waals surface area contributed by atoms with Gasteiger partial charge >= 0.3 is 0 Å². The van der Waals surface area contributed by atoms with Crippen molar-refractivity contribution < 1.29 is 4.79 Å². The van der Waals surface area contributed by atoms with E-state index < -0.39 is 5.54 Å². The summed E-state index contributed by atoms with van der Waals surface area (Å²) in [6.07, 6.45) is 0.424. The largest absolute Gasteiger partial charge is 0.319 e. The van der Waals surface area contributed by atoms with Crippen LogP contribution in [0.1, 0.15) is 19.4 Å². The molecule has 3 heteroatoms. The van der Waals surface area contributed by atoms with Crippen molar-refractivity contribution in [3.8, 4) is 0 Å². The van der Waals surface area contributed by atoms with Crippen LogP contribution >= 0.6 is 11.3 Å². The van der Waals surface area contributed by atoms with Crippen molar-refractivity contribution in [3.05, 3.63) is 35.2 Å². The van der Waals surface area contributed by atoms with Crippen molar-refractivity contribution >= 4 is 27.2 Å². The molecule has 2 nitrogen and oxygen atoms in total. The Kier molecular flexibility index (Phi) is 2.82. The van der Waals surface area contributed by atoms with E-state index in [9.17, 15) is 4.79 Å². The predicted octanol–water partition coefficient (Wildman–Crippen LogP) is 2.75. The van der Waals surface area contributed by atoms with Crippen LogP contribution in [-0.4, -0.2) is 11.3 Å². The number of fused-ring (bicyclic) bond motifs is 1. The van der Waals surface area contributed by atoms with Crippen molar-refractivity contribution in [2.45, 2.75) is 25.8 Å². The van der Waals surface area contributed by atoms with Crippen LogP contribution in [0.15, 0.2) is 29.6 Å². The summed E-state index contributed by atoms with van der Waals surface area (Å²) < 4.78 is 1.22. The third-order valence-corrected chi connectivity index (χ3v) is 3.64. The number of ketones is 1. The van der Waals surface area contributed by atoms with Gasteiger partial charge in [-0.05, 0) is 36.2 Å². The van der Waals surface area contributed by atoms with Gasteiger partial charge in [0.1, 0.15) is 0 Å². The lowest BCUT2D eigenvalue weighted by Gasteiger charge is -2.16. The molecule has 2 rings (SSSR count). The Morgan fingerprint density at radius 1 is 1.38 bits per heavy atom. The molecule has 0 bridgehead atoms. The van der Waals surface area contributed by atoms with Gasteiger partial charge in [-0.25, -0.2) is 0 Å². The van der Waals surface area contributed by atoms with Gasteiger partial charge in [-0.2, -0.15) is 0 Å². The fraction of sp³-hybridized carbons (Fsp3) is 0.308. The van der Waals surface area contributed by atoms with E-state index in [1.807, 2.05) is 17.5 Å². The zero-order valence-corrected chi connectivity index (χ0v) is 10.3. The number of benzene rings is 1. The molecule has 0 radical (unpaired) electrons. The first kappa shape index (κ1) is 11.3. The van der Waals surface area contributed by atoms with Crippen LogP contribution in [0.2, 0.25) is 0 Å². The number of Topliss-reactive ketones (excluding diaryl/α,β-unsaturated/α-hetero) is 1. The van der Waals surface area contributed by atoms with Gasteiger partial charge < -0.3 is 5.73 Å². The van der Waals surface area contributed by atoms with Crippen LogP contribution in [0.3, 0.4) is 0 Å². The van der Waals surface area contributed by atoms with Crippen LogP contribution in [0.5, 0.6) is 0 Å². The van der Waals surface area contributed by atoms with Crippen LogP contribution in [-0.2, 0) is 11.2 Å². The first-order chi connectivity index (χ1) is 7.48. The van der Waals surface area contributed by atoms with Crippen LogP contribution in [0.4, 0.5) is 0 Å². The van der Waals surface area contributed by atoms with Gasteiger partial charge in [0.15, 0.2) is 5.78 Å². The van der Waals surface area contributed by atoms with Gasteiger partial charge in [-0.15, -0.1) is 11.3 Å². The SMILES string of the molecule is CC(C)(N)C(=O)Cc1csc2ccccc12. The first-order valence-corrected chi connectivity index (χ1v) is 6.14. The van der Waals surface area contributed by atoms with Gasteiger partial charge in [0.25, 0.3) is 0 Å². The number of thiophene rings is 1. The van der Waals surface area contributed by atoms with E-state index in [0.29, 0.717) is 6.42 Å². The Hall–Kier alpha value is -1.19. The monoisotopic (exact) mass is 233 g/mol. The molecule has 0 spiro atoms. The Morgan fingerprint density at radius 2 is 2.06 bits per heavy atom. The highest BCUT2D eigenvalue weighted by Crippen LogP contribution is 2.26. The molecule has 0 aliphatic rings. The third-order valence-electron chi connectivity index (χ3n) is 2.63. The summed E-state index contributed by atoms with van der Waals surface area (Å²) >= 11 is 1.67. The van der Waals surface area contributed by atoms with Crippen molar-refractivity contribution in [1.29, 1.82) is 0 Å². The Morgan fingerprint density at radius 3 is 2.75 bits per heavy atom. The number of carbonyl (C=O) groups is 1. The average molecular weight is 233 g/mol. The second kappa shape index (κ2) is 4.00. The summed E-state index contributed by atoms with van der Waals surface area (Å²) in [5.74, 6) is 0.0797. The maximum atomic E-state index is 11.9. The minimum absolute atomic E-state index is 0.0797. The second-order valence-electron chi connectivity index (χ2n) is 4.58. The minimum atomic E-state index is -0.747. The molecule has 2 aromatic rings. The molecule has 0 aliphatic carbocycles. The van der Waals surface area contributed by atoms with Gasteiger partial charge in [0.05, 0.1) is 5.54 Å². The lowest BCUT2D eigenvalue weighted by atomic mass is 9.95. The molecular formula is C13H15NOS. The molecule has 1 aromatic carbocycles. The van der Waals surface area contributed by atoms with Gasteiger partial charge in [-0.1, -0.05) is 18.2 Å². The number of nitrogens with two attached hydrogens (primary N) is 1. The molecule has 0 amide bonds. The highest BCUT2D eigenvalue weighted by atomic mass is 32.1. The summed E-state index contributed by atoms with van der Waals surface area (Å²) in [7, 11) is 0. The Bertz CT molecular complexity index is 522. The number of carbonyl (C=O) groups excluding carboxylic acids is 1. The molecule has 84 valence electrons. The van der Waals surface area contributed by atoms with Crippen molar-refractivity contribution in [3.63, 3.8) is 0 Å². The van der Waals surface area contributed by atoms with Gasteiger partial charge in [0, 0.05) is 11.1 Å². The molecule has 0 unspecified atom stereocenters. The van der Waals surface area contributed by atoms with Crippen molar-refractivity contribution in [1.82, 2.24) is 0 Å². The van der Waals surface area contributed by atoms with E-state index in [1.165, 1.54) is 10.1 Å². The summed E-state index contributed by atoms with van der Waals surface area (Å²) in [5, 5.41) is 3.22. The molecule has 2 N–H and O–H groups in total. The fourth-order valence-electron chi connectivity index (χ4n) is 1.57. The van der Waals surface area contributed by atoms with Crippen LogP contribution in [0.25, 0.3) is 10.1 Å². The number of hydrogen-bond donors (Lipinski definition) is 1. The summed E-state index contributed by atoms with van der Waals surface area (Å²) in [4.78, 5) is 11.9. The molecule has 0 fully saturated rings. The number of hydrogen-bond acceptors (Lipinski definition) is 3. The van der Waals surface area contributed by atoms with E-state index in [4.69, 9.17) is 5.73 Å². The quantitative estimate of drug-likeness (QED) is 0.885. The summed E-state index contributed by atoms with van der Waals surface area (Å²) in [5.41, 5.74) is 6.13. The molecule has 0 saturated heterocycles. The second-order valence-corrected chi connectivity index (χ2v) is 5.49. The van der Waals surface area contributed by atoms with E-state index in [1.54, 1.807) is 25.2 Å². The Labute approximate surface area is 99.1 Å². The average Bonchev–Trinajstić information content (AvgIpc) is 2.61. The van der Waals surface area contributed by atoms with Crippen molar-refractivity contribution in [2.24, 2.45) is 5.73 Å². The predicted molar refractivity (Wildman–Crippen MR) is 68.8 cm³/mol. The summed E-state index contributed by atoms with van der Waals surface area (Å²) in [6.45, 7) is 3.51. The molecule has 0 saturated carbocycles. The van der Waals surface area contributed by atoms with Crippen LogP contribution < -0.4 is 5.73 Å². The molecule has 0 aliphatic heterocycles. The molecule has 1 heterocycles. The minimum Gasteiger partial charge on any atom is -0.319 e. The highest BCUT2D eigenvalue weighted by Gasteiger charge is 2.22. The number of rotatable bonds is 3. The first-order valence-electron chi connectivity index (χ1n) is 5.26. The molecular weight excluding hydrogens is 218 g/mol. The van der Waals surface area contributed by atoms with Crippen molar-refractivity contribution in [2.75, 3.05) is 0 Å². The molecule has 16 heavy (non-hydrogen) atoms. The van der Waals surface area contributed by atoms with E-state index in [-0.39, 0.29) is 5.78 Å². The van der Waals surface area contributed by atoms with E-state index in [2.05, 4.69) is 12.1 Å². The fourth-order valence-corrected chi connectivity index (χ4v) is 2.53. The third kappa shape index (κ3) is 2.15. The van der Waals surface area contributed by atoms with E-state index in [0.717, 1.165) is 5.56 Å². The highest BCUT2D eigenvalue weighted by molar-refractivity contribution is 7.17. The maximum Gasteiger partial charge on any atom is 0.156 e. The Balaban J connectivity index is 2.32. The topological polar surface area (TPSA) is 43.1 Å². The van der Waals surface area contributed by atoms with Gasteiger partial charge in [0.2, 0.25) is 0 Å². The smallest absolute Gasteiger partial charge is 0.156 e. The zero-order chi connectivity index (χ0) is 11.8. The zero-order valence-electron chi connectivity index (χ0n) is 9.49.